The van der Waals surface area contributed by atoms with Crippen LogP contribution in [-0.4, -0.2) is 37.9 Å². The second-order valence-corrected chi connectivity index (χ2v) is 7.99. The summed E-state index contributed by atoms with van der Waals surface area (Å²) in [4.78, 5) is 12.1. The number of esters is 1. The van der Waals surface area contributed by atoms with Gasteiger partial charge in [0.25, 0.3) is 0 Å². The fourth-order valence-electron chi connectivity index (χ4n) is 2.42. The summed E-state index contributed by atoms with van der Waals surface area (Å²) < 4.78 is 31.6. The molecular weight excluding hydrogens is 326 g/mol. The van der Waals surface area contributed by atoms with Crippen molar-refractivity contribution in [1.29, 1.82) is 0 Å². The van der Waals surface area contributed by atoms with E-state index in [0.717, 1.165) is 0 Å². The van der Waals surface area contributed by atoms with Gasteiger partial charge < -0.3 is 4.74 Å². The molecule has 1 saturated heterocycles. The lowest BCUT2D eigenvalue weighted by molar-refractivity contribution is -0.153. The molecule has 0 amide bonds. The van der Waals surface area contributed by atoms with E-state index in [1.54, 1.807) is 26.0 Å². The summed E-state index contributed by atoms with van der Waals surface area (Å²) in [6, 6.07) is 6.11. The van der Waals surface area contributed by atoms with E-state index in [2.05, 4.69) is 0 Å². The van der Waals surface area contributed by atoms with E-state index in [9.17, 15) is 13.2 Å². The highest BCUT2D eigenvalue weighted by Gasteiger charge is 2.32. The topological polar surface area (TPSA) is 63.7 Å². The standard InChI is InChI=1S/C15H20ClNO4S/c1-11(2)21-15(18)12-7-9-17(10-8-12)22(19,20)14-5-3-13(16)4-6-14/h3-6,11-12H,7-10H2,1-2H3. The van der Waals surface area contributed by atoms with Crippen molar-refractivity contribution in [3.8, 4) is 0 Å². The van der Waals surface area contributed by atoms with Gasteiger partial charge in [-0.25, -0.2) is 8.42 Å². The minimum Gasteiger partial charge on any atom is -0.463 e. The first kappa shape index (κ1) is 17.2. The fourth-order valence-corrected chi connectivity index (χ4v) is 4.01. The molecule has 22 heavy (non-hydrogen) atoms. The zero-order valence-electron chi connectivity index (χ0n) is 12.7. The van der Waals surface area contributed by atoms with Crippen molar-refractivity contribution in [2.24, 2.45) is 5.92 Å². The van der Waals surface area contributed by atoms with Crippen molar-refractivity contribution in [2.75, 3.05) is 13.1 Å². The van der Waals surface area contributed by atoms with Crippen molar-refractivity contribution >= 4 is 27.6 Å². The second-order valence-electron chi connectivity index (χ2n) is 5.62. The third kappa shape index (κ3) is 4.00. The van der Waals surface area contributed by atoms with Gasteiger partial charge >= 0.3 is 5.97 Å². The summed E-state index contributed by atoms with van der Waals surface area (Å²) in [6.07, 6.45) is 0.819. The summed E-state index contributed by atoms with van der Waals surface area (Å²) in [6.45, 7) is 4.25. The van der Waals surface area contributed by atoms with Crippen molar-refractivity contribution < 1.29 is 17.9 Å². The van der Waals surface area contributed by atoms with Gasteiger partial charge in [-0.15, -0.1) is 0 Å². The molecule has 7 heteroatoms. The monoisotopic (exact) mass is 345 g/mol. The fraction of sp³-hybridized carbons (Fsp3) is 0.533. The number of rotatable bonds is 4. The molecule has 0 unspecified atom stereocenters. The molecule has 1 aliphatic heterocycles. The van der Waals surface area contributed by atoms with Gasteiger partial charge in [0.05, 0.1) is 16.9 Å². The van der Waals surface area contributed by atoms with Gasteiger partial charge in [-0.05, 0) is 51.0 Å². The maximum atomic E-state index is 12.5. The zero-order chi connectivity index (χ0) is 16.3. The third-order valence-electron chi connectivity index (χ3n) is 3.59. The average Bonchev–Trinajstić information content (AvgIpc) is 2.47. The Morgan fingerprint density at radius 1 is 1.23 bits per heavy atom. The SMILES string of the molecule is CC(C)OC(=O)C1CCN(S(=O)(=O)c2ccc(Cl)cc2)CC1. The number of sulfonamides is 1. The molecule has 1 aromatic carbocycles. The minimum atomic E-state index is -3.53. The number of nitrogens with zero attached hydrogens (tertiary/aromatic N) is 1. The predicted molar refractivity (Wildman–Crippen MR) is 84.2 cm³/mol. The van der Waals surface area contributed by atoms with Crippen LogP contribution in [0.3, 0.4) is 0 Å². The Hall–Kier alpha value is -1.11. The molecule has 0 atom stereocenters. The molecule has 2 rings (SSSR count). The van der Waals surface area contributed by atoms with Crippen LogP contribution in [0.5, 0.6) is 0 Å². The number of hydrogen-bond donors (Lipinski definition) is 0. The summed E-state index contributed by atoms with van der Waals surface area (Å²) in [7, 11) is -3.53. The Morgan fingerprint density at radius 2 is 1.77 bits per heavy atom. The van der Waals surface area contributed by atoms with Gasteiger partial charge in [0.15, 0.2) is 0 Å². The Balaban J connectivity index is 2.01. The maximum Gasteiger partial charge on any atom is 0.309 e. The van der Waals surface area contributed by atoms with E-state index in [1.165, 1.54) is 16.4 Å². The average molecular weight is 346 g/mol. The highest BCUT2D eigenvalue weighted by atomic mass is 35.5. The van der Waals surface area contributed by atoms with Crippen LogP contribution in [0.15, 0.2) is 29.2 Å². The summed E-state index contributed by atoms with van der Waals surface area (Å²) in [5.74, 6) is -0.461. The second kappa shape index (κ2) is 6.98. The van der Waals surface area contributed by atoms with Crippen LogP contribution < -0.4 is 0 Å². The van der Waals surface area contributed by atoms with E-state index in [-0.39, 0.29) is 22.9 Å². The van der Waals surface area contributed by atoms with Gasteiger partial charge in [0.1, 0.15) is 0 Å². The first-order chi connectivity index (χ1) is 10.3. The molecule has 0 aromatic heterocycles. The van der Waals surface area contributed by atoms with Crippen LogP contribution in [0.25, 0.3) is 0 Å². The van der Waals surface area contributed by atoms with Crippen LogP contribution in [0.2, 0.25) is 5.02 Å². The zero-order valence-corrected chi connectivity index (χ0v) is 14.2. The molecule has 122 valence electrons. The number of hydrogen-bond acceptors (Lipinski definition) is 4. The van der Waals surface area contributed by atoms with Crippen LogP contribution in [0.1, 0.15) is 26.7 Å². The molecule has 1 aromatic rings. The maximum absolute atomic E-state index is 12.5. The van der Waals surface area contributed by atoms with Crippen LogP contribution in [0.4, 0.5) is 0 Å². The molecule has 0 radical (unpaired) electrons. The highest BCUT2D eigenvalue weighted by Crippen LogP contribution is 2.25. The number of benzene rings is 1. The number of carbonyl (C=O) groups excluding carboxylic acids is 1. The van der Waals surface area contributed by atoms with Gasteiger partial charge in [0.2, 0.25) is 10.0 Å². The highest BCUT2D eigenvalue weighted by molar-refractivity contribution is 7.89. The normalized spacial score (nSPS) is 17.6. The van der Waals surface area contributed by atoms with Crippen LogP contribution >= 0.6 is 11.6 Å². The quantitative estimate of drug-likeness (QED) is 0.787. The first-order valence-corrected chi connectivity index (χ1v) is 9.08. The molecule has 0 bridgehead atoms. The van der Waals surface area contributed by atoms with Crippen molar-refractivity contribution in [2.45, 2.75) is 37.7 Å². The number of piperidine rings is 1. The molecule has 0 N–H and O–H groups in total. The van der Waals surface area contributed by atoms with Gasteiger partial charge in [-0.3, -0.25) is 4.79 Å². The molecule has 5 nitrogen and oxygen atoms in total. The Kier molecular flexibility index (Phi) is 5.47. The Morgan fingerprint density at radius 3 is 2.27 bits per heavy atom. The van der Waals surface area contributed by atoms with Gasteiger partial charge in [-0.2, -0.15) is 4.31 Å². The third-order valence-corrected chi connectivity index (χ3v) is 5.76. The number of halogens is 1. The van der Waals surface area contributed by atoms with Gasteiger partial charge in [0, 0.05) is 18.1 Å². The van der Waals surface area contributed by atoms with E-state index >= 15 is 0 Å². The van der Waals surface area contributed by atoms with Crippen molar-refractivity contribution in [3.63, 3.8) is 0 Å². The minimum absolute atomic E-state index is 0.150. The van der Waals surface area contributed by atoms with E-state index < -0.39 is 10.0 Å². The smallest absolute Gasteiger partial charge is 0.309 e. The lowest BCUT2D eigenvalue weighted by Crippen LogP contribution is -2.40. The number of ether oxygens (including phenoxy) is 1. The Bertz CT molecular complexity index is 619. The summed E-state index contributed by atoms with van der Waals surface area (Å²) >= 11 is 5.78. The summed E-state index contributed by atoms with van der Waals surface area (Å²) in [5, 5.41) is 0.495. The molecule has 1 aliphatic rings. The molecular formula is C15H20ClNO4S. The molecule has 0 spiro atoms. The van der Waals surface area contributed by atoms with E-state index in [0.29, 0.717) is 31.0 Å². The van der Waals surface area contributed by atoms with E-state index in [1.807, 2.05) is 0 Å². The van der Waals surface area contributed by atoms with Crippen molar-refractivity contribution in [3.05, 3.63) is 29.3 Å². The lowest BCUT2D eigenvalue weighted by atomic mass is 9.98. The molecule has 0 saturated carbocycles. The number of carbonyl (C=O) groups is 1. The molecule has 1 heterocycles. The lowest BCUT2D eigenvalue weighted by Gasteiger charge is -2.30. The molecule has 0 aliphatic carbocycles. The molecule has 1 fully saturated rings. The summed E-state index contributed by atoms with van der Waals surface area (Å²) in [5.41, 5.74) is 0. The van der Waals surface area contributed by atoms with Gasteiger partial charge in [-0.1, -0.05) is 11.6 Å². The largest absolute Gasteiger partial charge is 0.463 e. The Labute approximate surface area is 136 Å². The van der Waals surface area contributed by atoms with Crippen LogP contribution in [-0.2, 0) is 19.6 Å². The first-order valence-electron chi connectivity index (χ1n) is 7.27. The van der Waals surface area contributed by atoms with E-state index in [4.69, 9.17) is 16.3 Å². The predicted octanol–water partition coefficient (Wildman–Crippen LogP) is 2.69. The van der Waals surface area contributed by atoms with Crippen molar-refractivity contribution in [1.82, 2.24) is 4.31 Å². The van der Waals surface area contributed by atoms with Crippen LogP contribution in [0, 0.1) is 5.92 Å².